The summed E-state index contributed by atoms with van der Waals surface area (Å²) >= 11 is 1.31. The quantitative estimate of drug-likeness (QED) is 0.200. The summed E-state index contributed by atoms with van der Waals surface area (Å²) in [5, 5.41) is 29.8. The highest BCUT2D eigenvalue weighted by Crippen LogP contribution is 2.64. The second-order valence-corrected chi connectivity index (χ2v) is 16.7. The number of aromatic hydroxyl groups is 1. The number of aryl methyl sites for hydroxylation is 1. The van der Waals surface area contributed by atoms with Crippen LogP contribution in [0.3, 0.4) is 0 Å². The number of hydrogen-bond acceptors (Lipinski definition) is 15. The molecule has 2 fully saturated rings. The van der Waals surface area contributed by atoms with E-state index in [2.05, 4.69) is 10.6 Å². The summed E-state index contributed by atoms with van der Waals surface area (Å²) in [4.78, 5) is 57.1. The van der Waals surface area contributed by atoms with Gasteiger partial charge in [0.25, 0.3) is 0 Å². The number of nitrogens with two attached hydrogens (primary N) is 1. The van der Waals surface area contributed by atoms with E-state index in [1.165, 1.54) is 32.7 Å². The van der Waals surface area contributed by atoms with Gasteiger partial charge in [0.1, 0.15) is 30.2 Å². The van der Waals surface area contributed by atoms with Crippen molar-refractivity contribution in [3.05, 3.63) is 39.4 Å². The van der Waals surface area contributed by atoms with Crippen molar-refractivity contribution in [1.29, 1.82) is 0 Å². The van der Waals surface area contributed by atoms with E-state index in [1.807, 2.05) is 29.8 Å². The number of phenols is 1. The molecule has 6 aliphatic rings. The molecule has 16 nitrogen and oxygen atoms in total. The van der Waals surface area contributed by atoms with Crippen molar-refractivity contribution in [3.63, 3.8) is 0 Å². The lowest BCUT2D eigenvalue weighted by atomic mass is 9.78. The van der Waals surface area contributed by atoms with E-state index in [1.54, 1.807) is 20.8 Å². The second kappa shape index (κ2) is 14.3. The summed E-state index contributed by atoms with van der Waals surface area (Å²) in [6.45, 7) is 9.76. The fourth-order valence-corrected chi connectivity index (χ4v) is 10.6. The minimum Gasteiger partial charge on any atom is -0.504 e. The number of piperazine rings is 1. The number of aliphatic hydroxyl groups is 1. The summed E-state index contributed by atoms with van der Waals surface area (Å²) in [6, 6.07) is -3.15. The van der Waals surface area contributed by atoms with Crippen molar-refractivity contribution in [3.8, 4) is 28.7 Å². The van der Waals surface area contributed by atoms with Gasteiger partial charge in [-0.3, -0.25) is 24.2 Å². The van der Waals surface area contributed by atoms with Crippen LogP contribution in [0.5, 0.6) is 28.7 Å². The molecule has 6 N–H and O–H groups in total. The SMILES string of the molecule is COc1c(C)cc2c(c1O)[C@@H]1C3[C@@H]4SC[C@H](NC(=O)C(NC(=O)C(C)N)C(C)C)C(=O)OC[C@@H](c5c6c(c(C)c(OC(C)=O)c54)OCO6)N3[C@](O)(C2)CN1C. The highest BCUT2D eigenvalue weighted by molar-refractivity contribution is 7.99. The molecule has 9 atom stereocenters. The molecule has 4 bridgehead atoms. The molecule has 0 radical (unpaired) electrons. The van der Waals surface area contributed by atoms with Crippen LogP contribution in [-0.4, -0.2) is 114 Å². The Morgan fingerprint density at radius 1 is 1.07 bits per heavy atom. The van der Waals surface area contributed by atoms with E-state index in [0.717, 1.165) is 5.56 Å². The Hall–Kier alpha value is -4.29. The zero-order chi connectivity index (χ0) is 39.8. The maximum absolute atomic E-state index is 14.0. The van der Waals surface area contributed by atoms with Gasteiger partial charge in [-0.1, -0.05) is 19.9 Å². The number of amides is 2. The molecule has 0 spiro atoms. The molecule has 298 valence electrons. The lowest BCUT2D eigenvalue weighted by molar-refractivity contribution is -0.214. The number of likely N-dealkylation sites (N-methyl/N-ethyl adjacent to an activating group) is 1. The van der Waals surface area contributed by atoms with Gasteiger partial charge >= 0.3 is 11.9 Å². The zero-order valence-electron chi connectivity index (χ0n) is 32.2. The third kappa shape index (κ3) is 6.33. The summed E-state index contributed by atoms with van der Waals surface area (Å²) in [6.07, 6.45) is 0.125. The number of nitrogens with one attached hydrogen (secondary N) is 2. The van der Waals surface area contributed by atoms with Crippen molar-refractivity contribution in [2.45, 2.75) is 95.2 Å². The number of fused-ring (bicyclic) bond motifs is 6. The van der Waals surface area contributed by atoms with Crippen LogP contribution in [0.2, 0.25) is 0 Å². The molecule has 2 aromatic carbocycles. The standard InChI is InChI=1S/C38H49N5O11S/c1-15(2)26(41-35(46)18(5)39)36(47)40-21-12-55-34-25-24(33-32(52-14-53-33)17(4)31(25)54-19(6)44)22(11-51-37(21)48)43-28(34)27-23-20(10-38(43,49)13-42(27)7)9-16(3)30(50-8)29(23)45/h9,15,18,21-22,26-28,34,45,49H,10-14,39H2,1-8H3,(H,40,47)(H,41,46)/t18?,21-,22-,26?,27+,28?,34+,38-/m0/s1. The van der Waals surface area contributed by atoms with Crippen LogP contribution in [0.25, 0.3) is 0 Å². The molecular formula is C38H49N5O11S. The minimum absolute atomic E-state index is 0.0202. The topological polar surface area (TPSA) is 211 Å². The Kier molecular flexibility index (Phi) is 10.2. The van der Waals surface area contributed by atoms with Gasteiger partial charge in [0.05, 0.1) is 30.5 Å². The van der Waals surface area contributed by atoms with Crippen LogP contribution >= 0.6 is 11.8 Å². The Morgan fingerprint density at radius 3 is 2.44 bits per heavy atom. The number of phenolic OH excluding ortho intramolecular Hbond substituents is 1. The molecule has 0 aliphatic carbocycles. The number of ether oxygens (including phenoxy) is 5. The second-order valence-electron chi connectivity index (χ2n) is 15.5. The van der Waals surface area contributed by atoms with E-state index >= 15 is 0 Å². The van der Waals surface area contributed by atoms with Gasteiger partial charge in [0, 0.05) is 53.9 Å². The molecule has 0 aromatic heterocycles. The van der Waals surface area contributed by atoms with Crippen molar-refractivity contribution < 1.29 is 53.1 Å². The van der Waals surface area contributed by atoms with E-state index in [-0.39, 0.29) is 49.5 Å². The first-order chi connectivity index (χ1) is 26.0. The van der Waals surface area contributed by atoms with E-state index < -0.39 is 71.0 Å². The van der Waals surface area contributed by atoms with Crippen LogP contribution in [0.1, 0.15) is 78.4 Å². The number of benzene rings is 2. The average Bonchev–Trinajstić information content (AvgIpc) is 3.52. The van der Waals surface area contributed by atoms with Crippen molar-refractivity contribution in [2.75, 3.05) is 39.9 Å². The Labute approximate surface area is 323 Å². The first kappa shape index (κ1) is 39.0. The highest BCUT2D eigenvalue weighted by atomic mass is 32.2. The molecule has 2 amide bonds. The van der Waals surface area contributed by atoms with E-state index in [0.29, 0.717) is 45.1 Å². The fourth-order valence-electron chi connectivity index (χ4n) is 9.08. The molecule has 17 heteroatoms. The van der Waals surface area contributed by atoms with Crippen LogP contribution in [0.4, 0.5) is 0 Å². The van der Waals surface area contributed by atoms with Gasteiger partial charge in [0.15, 0.2) is 23.0 Å². The van der Waals surface area contributed by atoms with E-state index in [4.69, 9.17) is 29.4 Å². The number of thioether (sulfide) groups is 1. The van der Waals surface area contributed by atoms with Crippen LogP contribution in [-0.2, 0) is 30.3 Å². The first-order valence-electron chi connectivity index (χ1n) is 18.4. The smallest absolute Gasteiger partial charge is 0.329 e. The number of methoxy groups -OCH3 is 1. The molecule has 2 aromatic rings. The van der Waals surface area contributed by atoms with Crippen molar-refractivity contribution >= 4 is 35.5 Å². The van der Waals surface area contributed by atoms with Gasteiger partial charge in [-0.2, -0.15) is 0 Å². The Bertz CT molecular complexity index is 1960. The molecule has 6 heterocycles. The summed E-state index contributed by atoms with van der Waals surface area (Å²) < 4.78 is 29.9. The maximum Gasteiger partial charge on any atom is 0.329 e. The molecule has 2 saturated heterocycles. The molecule has 55 heavy (non-hydrogen) atoms. The molecule has 0 saturated carbocycles. The number of carbonyl (C=O) groups excluding carboxylic acids is 4. The van der Waals surface area contributed by atoms with Crippen LogP contribution in [0.15, 0.2) is 6.07 Å². The van der Waals surface area contributed by atoms with Gasteiger partial charge in [-0.25, -0.2) is 4.79 Å². The average molecular weight is 784 g/mol. The number of esters is 2. The van der Waals surface area contributed by atoms with E-state index in [9.17, 15) is 29.4 Å². The van der Waals surface area contributed by atoms with Crippen LogP contribution < -0.4 is 35.3 Å². The first-order valence-corrected chi connectivity index (χ1v) is 19.4. The number of hydrogen-bond donors (Lipinski definition) is 5. The van der Waals surface area contributed by atoms with Crippen molar-refractivity contribution in [2.24, 2.45) is 11.7 Å². The summed E-state index contributed by atoms with van der Waals surface area (Å²) in [7, 11) is 3.38. The third-order valence-electron chi connectivity index (χ3n) is 11.3. The molecule has 6 aliphatic heterocycles. The number of rotatable bonds is 7. The third-order valence-corrected chi connectivity index (χ3v) is 12.7. The normalized spacial score (nSPS) is 28.9. The maximum atomic E-state index is 14.0. The highest BCUT2D eigenvalue weighted by Gasteiger charge is 2.63. The van der Waals surface area contributed by atoms with Gasteiger partial charge in [-0.05, 0) is 44.9 Å². The molecule has 8 rings (SSSR count). The predicted molar refractivity (Wildman–Crippen MR) is 199 cm³/mol. The summed E-state index contributed by atoms with van der Waals surface area (Å²) in [5.41, 5.74) is 7.95. The van der Waals surface area contributed by atoms with Crippen LogP contribution in [0, 0.1) is 19.8 Å². The minimum atomic E-state index is -1.56. The zero-order valence-corrected chi connectivity index (χ0v) is 33.0. The largest absolute Gasteiger partial charge is 0.504 e. The predicted octanol–water partition coefficient (Wildman–Crippen LogP) is 1.63. The van der Waals surface area contributed by atoms with Gasteiger partial charge in [0.2, 0.25) is 18.6 Å². The number of cyclic esters (lactones) is 1. The summed E-state index contributed by atoms with van der Waals surface area (Å²) in [5.74, 6) is -1.40. The Morgan fingerprint density at radius 2 is 1.78 bits per heavy atom. The lowest BCUT2D eigenvalue weighted by Gasteiger charge is -2.60. The number of nitrogens with zero attached hydrogens (tertiary/aromatic N) is 2. The lowest BCUT2D eigenvalue weighted by Crippen LogP contribution is -2.69. The monoisotopic (exact) mass is 783 g/mol. The van der Waals surface area contributed by atoms with Gasteiger partial charge in [-0.15, -0.1) is 11.8 Å². The Balaban J connectivity index is 1.42. The number of carbonyl (C=O) groups is 4. The molecule has 4 unspecified atom stereocenters. The molecular weight excluding hydrogens is 735 g/mol. The fraction of sp³-hybridized carbons (Fsp3) is 0.579. The van der Waals surface area contributed by atoms with Gasteiger partial charge < -0.3 is 50.3 Å². The van der Waals surface area contributed by atoms with Crippen molar-refractivity contribution in [1.82, 2.24) is 20.4 Å².